The number of rotatable bonds is 1. The molecule has 12 heavy (non-hydrogen) atoms. The number of alkyl halides is 1. The number of hydrogen-bond acceptors (Lipinski definition) is 1. The lowest BCUT2D eigenvalue weighted by atomic mass is 10.1. The molecule has 1 nitrogen and oxygen atoms in total. The molecule has 0 atom stereocenters. The van der Waals surface area contributed by atoms with Crippen molar-refractivity contribution in [3.8, 4) is 11.8 Å². The molecule has 0 unspecified atom stereocenters. The van der Waals surface area contributed by atoms with Gasteiger partial charge >= 0.3 is 0 Å². The minimum Gasteiger partial charge on any atom is -0.320 e. The molecule has 0 fully saturated rings. The molecule has 2 N–H and O–H groups in total. The first-order valence-corrected chi connectivity index (χ1v) is 4.24. The lowest BCUT2D eigenvalue weighted by molar-refractivity contribution is 1.30. The van der Waals surface area contributed by atoms with E-state index in [4.69, 9.17) is 17.3 Å². The zero-order valence-electron chi connectivity index (χ0n) is 6.68. The Morgan fingerprint density at radius 3 is 2.42 bits per heavy atom. The first-order chi connectivity index (χ1) is 5.86. The van der Waals surface area contributed by atoms with Crippen LogP contribution in [0.15, 0.2) is 24.3 Å². The third-order valence-electron chi connectivity index (χ3n) is 1.44. The van der Waals surface area contributed by atoms with Gasteiger partial charge in [-0.2, -0.15) is 0 Å². The van der Waals surface area contributed by atoms with Crippen LogP contribution in [-0.2, 0) is 5.88 Å². The third-order valence-corrected chi connectivity index (χ3v) is 1.75. The fourth-order valence-electron chi connectivity index (χ4n) is 0.830. The van der Waals surface area contributed by atoms with Crippen LogP contribution in [0, 0.1) is 11.8 Å². The second-order valence-electron chi connectivity index (χ2n) is 2.34. The van der Waals surface area contributed by atoms with Gasteiger partial charge < -0.3 is 5.73 Å². The second kappa shape index (κ2) is 4.82. The average Bonchev–Trinajstić information content (AvgIpc) is 2.15. The standard InChI is InChI=1S/C10H10ClN/c11-8-10-5-3-9(4-6-10)2-1-7-12/h3-6H,7-8,12H2. The van der Waals surface area contributed by atoms with Crippen molar-refractivity contribution in [3.63, 3.8) is 0 Å². The Balaban J connectivity index is 2.78. The zero-order valence-corrected chi connectivity index (χ0v) is 7.43. The lowest BCUT2D eigenvalue weighted by Gasteiger charge is -1.93. The van der Waals surface area contributed by atoms with Gasteiger partial charge in [0, 0.05) is 11.4 Å². The smallest absolute Gasteiger partial charge is 0.0555 e. The van der Waals surface area contributed by atoms with Crippen molar-refractivity contribution in [1.29, 1.82) is 0 Å². The summed E-state index contributed by atoms with van der Waals surface area (Å²) < 4.78 is 0. The van der Waals surface area contributed by atoms with E-state index in [1.54, 1.807) is 0 Å². The van der Waals surface area contributed by atoms with Crippen molar-refractivity contribution < 1.29 is 0 Å². The molecule has 0 amide bonds. The van der Waals surface area contributed by atoms with Crippen LogP contribution >= 0.6 is 11.6 Å². The van der Waals surface area contributed by atoms with Crippen LogP contribution in [0.3, 0.4) is 0 Å². The van der Waals surface area contributed by atoms with Gasteiger partial charge in [0.1, 0.15) is 0 Å². The van der Waals surface area contributed by atoms with Crippen LogP contribution in [-0.4, -0.2) is 6.54 Å². The van der Waals surface area contributed by atoms with Crippen LogP contribution in [0.25, 0.3) is 0 Å². The Morgan fingerprint density at radius 2 is 1.92 bits per heavy atom. The molecule has 1 aromatic carbocycles. The predicted molar refractivity (Wildman–Crippen MR) is 51.9 cm³/mol. The summed E-state index contributed by atoms with van der Waals surface area (Å²) in [7, 11) is 0. The van der Waals surface area contributed by atoms with E-state index in [0.717, 1.165) is 11.1 Å². The van der Waals surface area contributed by atoms with Crippen LogP contribution in [0.5, 0.6) is 0 Å². The predicted octanol–water partition coefficient (Wildman–Crippen LogP) is 1.74. The fourth-order valence-corrected chi connectivity index (χ4v) is 1.01. The molecule has 0 aliphatic heterocycles. The lowest BCUT2D eigenvalue weighted by Crippen LogP contribution is -1.92. The first kappa shape index (κ1) is 9.12. The largest absolute Gasteiger partial charge is 0.320 e. The van der Waals surface area contributed by atoms with E-state index in [0.29, 0.717) is 12.4 Å². The summed E-state index contributed by atoms with van der Waals surface area (Å²) in [6.07, 6.45) is 0. The molecular formula is C10H10ClN. The van der Waals surface area contributed by atoms with Gasteiger partial charge in [-0.15, -0.1) is 11.6 Å². The van der Waals surface area contributed by atoms with E-state index < -0.39 is 0 Å². The van der Waals surface area contributed by atoms with Crippen molar-refractivity contribution in [2.75, 3.05) is 6.54 Å². The number of halogens is 1. The summed E-state index contributed by atoms with van der Waals surface area (Å²) in [4.78, 5) is 0. The van der Waals surface area contributed by atoms with Crippen molar-refractivity contribution in [2.24, 2.45) is 5.73 Å². The van der Waals surface area contributed by atoms with E-state index in [1.807, 2.05) is 24.3 Å². The molecule has 0 aliphatic carbocycles. The molecule has 0 saturated carbocycles. The van der Waals surface area contributed by atoms with E-state index in [-0.39, 0.29) is 0 Å². The molecule has 62 valence electrons. The summed E-state index contributed by atoms with van der Waals surface area (Å²) >= 11 is 5.63. The summed E-state index contributed by atoms with van der Waals surface area (Å²) in [5, 5.41) is 0. The quantitative estimate of drug-likeness (QED) is 0.516. The summed E-state index contributed by atoms with van der Waals surface area (Å²) in [5.41, 5.74) is 7.33. The summed E-state index contributed by atoms with van der Waals surface area (Å²) in [6, 6.07) is 7.82. The third kappa shape index (κ3) is 2.58. The maximum absolute atomic E-state index is 5.63. The average molecular weight is 180 g/mol. The van der Waals surface area contributed by atoms with Crippen molar-refractivity contribution >= 4 is 11.6 Å². The Kier molecular flexibility index (Phi) is 3.66. The molecule has 0 aliphatic rings. The van der Waals surface area contributed by atoms with Crippen LogP contribution in [0.1, 0.15) is 11.1 Å². The molecule has 2 heteroatoms. The van der Waals surface area contributed by atoms with Gasteiger partial charge in [0.15, 0.2) is 0 Å². The van der Waals surface area contributed by atoms with Crippen molar-refractivity contribution in [3.05, 3.63) is 35.4 Å². The number of hydrogen-bond donors (Lipinski definition) is 1. The van der Waals surface area contributed by atoms with E-state index in [2.05, 4.69) is 11.8 Å². The van der Waals surface area contributed by atoms with Gasteiger partial charge in [-0.1, -0.05) is 24.0 Å². The van der Waals surface area contributed by atoms with Gasteiger partial charge in [0.05, 0.1) is 6.54 Å². The minimum absolute atomic E-state index is 0.400. The summed E-state index contributed by atoms with van der Waals surface area (Å²) in [6.45, 7) is 0.400. The molecule has 1 rings (SSSR count). The minimum atomic E-state index is 0.400. The van der Waals surface area contributed by atoms with Crippen LogP contribution in [0.2, 0.25) is 0 Å². The molecule has 0 radical (unpaired) electrons. The Labute approximate surface area is 77.5 Å². The Bertz CT molecular complexity index is 292. The van der Waals surface area contributed by atoms with Crippen LogP contribution < -0.4 is 5.73 Å². The Morgan fingerprint density at radius 1 is 1.25 bits per heavy atom. The molecule has 0 spiro atoms. The van der Waals surface area contributed by atoms with Gasteiger partial charge in [-0.3, -0.25) is 0 Å². The van der Waals surface area contributed by atoms with Crippen molar-refractivity contribution in [2.45, 2.75) is 5.88 Å². The first-order valence-electron chi connectivity index (χ1n) is 3.70. The van der Waals surface area contributed by atoms with Gasteiger partial charge in [0.25, 0.3) is 0 Å². The highest BCUT2D eigenvalue weighted by Crippen LogP contribution is 2.05. The molecule has 1 aromatic rings. The maximum Gasteiger partial charge on any atom is 0.0555 e. The molecule has 0 saturated heterocycles. The maximum atomic E-state index is 5.63. The SMILES string of the molecule is NCC#Cc1ccc(CCl)cc1. The van der Waals surface area contributed by atoms with Crippen LogP contribution in [0.4, 0.5) is 0 Å². The fraction of sp³-hybridized carbons (Fsp3) is 0.200. The molecular weight excluding hydrogens is 170 g/mol. The number of nitrogens with two attached hydrogens (primary N) is 1. The van der Waals surface area contributed by atoms with E-state index in [1.165, 1.54) is 0 Å². The topological polar surface area (TPSA) is 26.0 Å². The van der Waals surface area contributed by atoms with E-state index in [9.17, 15) is 0 Å². The van der Waals surface area contributed by atoms with E-state index >= 15 is 0 Å². The van der Waals surface area contributed by atoms with Gasteiger partial charge in [-0.25, -0.2) is 0 Å². The highest BCUT2D eigenvalue weighted by molar-refractivity contribution is 6.17. The van der Waals surface area contributed by atoms with Gasteiger partial charge in [-0.05, 0) is 17.7 Å². The summed E-state index contributed by atoms with van der Waals surface area (Å²) in [5.74, 6) is 6.27. The molecule has 0 aromatic heterocycles. The highest BCUT2D eigenvalue weighted by Gasteiger charge is 1.88. The molecule has 0 bridgehead atoms. The monoisotopic (exact) mass is 179 g/mol. The van der Waals surface area contributed by atoms with Crippen molar-refractivity contribution in [1.82, 2.24) is 0 Å². The normalized spacial score (nSPS) is 8.83. The Hall–Kier alpha value is -0.970. The second-order valence-corrected chi connectivity index (χ2v) is 2.60. The highest BCUT2D eigenvalue weighted by atomic mass is 35.5. The zero-order chi connectivity index (χ0) is 8.81. The molecule has 0 heterocycles. The van der Waals surface area contributed by atoms with Gasteiger partial charge in [0.2, 0.25) is 0 Å². The number of benzene rings is 1.